The summed E-state index contributed by atoms with van der Waals surface area (Å²) in [5, 5.41) is 4.31. The van der Waals surface area contributed by atoms with E-state index in [-0.39, 0.29) is 6.10 Å². The van der Waals surface area contributed by atoms with Crippen LogP contribution in [0.5, 0.6) is 0 Å². The summed E-state index contributed by atoms with van der Waals surface area (Å²) >= 11 is 0. The summed E-state index contributed by atoms with van der Waals surface area (Å²) in [6.45, 7) is 9.01. The molecule has 1 atom stereocenters. The molecule has 17 heavy (non-hydrogen) atoms. The lowest BCUT2D eigenvalue weighted by Crippen LogP contribution is -2.15. The Balaban J connectivity index is 2.62. The van der Waals surface area contributed by atoms with Crippen LogP contribution in [0.15, 0.2) is 0 Å². The second-order valence-electron chi connectivity index (χ2n) is 4.93. The number of nitrogen functional groups attached to an aromatic ring is 1. The van der Waals surface area contributed by atoms with Crippen molar-refractivity contribution in [1.29, 1.82) is 0 Å². The van der Waals surface area contributed by atoms with Crippen molar-refractivity contribution in [2.75, 3.05) is 5.43 Å². The van der Waals surface area contributed by atoms with Gasteiger partial charge in [0.15, 0.2) is 0 Å². The first-order valence-electron chi connectivity index (χ1n) is 6.06. The molecule has 0 fully saturated rings. The summed E-state index contributed by atoms with van der Waals surface area (Å²) in [6, 6.07) is 0. The van der Waals surface area contributed by atoms with Gasteiger partial charge in [0.05, 0.1) is 18.4 Å². The van der Waals surface area contributed by atoms with E-state index in [9.17, 15) is 0 Å². The number of hydrogen-bond acceptors (Lipinski definition) is 4. The first kappa shape index (κ1) is 14.0. The summed E-state index contributed by atoms with van der Waals surface area (Å²) in [7, 11) is 1.86. The number of aromatic nitrogens is 2. The Kier molecular flexibility index (Phi) is 4.96. The van der Waals surface area contributed by atoms with Gasteiger partial charge < -0.3 is 10.2 Å². The Hall–Kier alpha value is -1.07. The van der Waals surface area contributed by atoms with Gasteiger partial charge in [-0.1, -0.05) is 13.8 Å². The molecule has 98 valence electrons. The number of nitrogens with two attached hydrogens (primary N) is 1. The number of anilines is 1. The average Bonchev–Trinajstić information content (AvgIpc) is 2.48. The van der Waals surface area contributed by atoms with Crippen LogP contribution in [0.25, 0.3) is 0 Å². The highest BCUT2D eigenvalue weighted by Gasteiger charge is 2.14. The fourth-order valence-corrected chi connectivity index (χ4v) is 2.01. The lowest BCUT2D eigenvalue weighted by atomic mass is 10.1. The topological polar surface area (TPSA) is 65.1 Å². The fourth-order valence-electron chi connectivity index (χ4n) is 2.01. The number of hydrogen-bond donors (Lipinski definition) is 2. The summed E-state index contributed by atoms with van der Waals surface area (Å²) in [6.07, 6.45) is 1.31. The van der Waals surface area contributed by atoms with Crippen molar-refractivity contribution < 1.29 is 4.74 Å². The molecule has 5 heteroatoms. The first-order valence-corrected chi connectivity index (χ1v) is 6.06. The summed E-state index contributed by atoms with van der Waals surface area (Å²) in [5.41, 5.74) is 4.66. The Morgan fingerprint density at radius 2 is 2.06 bits per heavy atom. The quantitative estimate of drug-likeness (QED) is 0.589. The van der Waals surface area contributed by atoms with Gasteiger partial charge in [-0.15, -0.1) is 0 Å². The monoisotopic (exact) mass is 240 g/mol. The van der Waals surface area contributed by atoms with E-state index in [1.54, 1.807) is 4.68 Å². The zero-order chi connectivity index (χ0) is 13.0. The third-order valence-corrected chi connectivity index (χ3v) is 2.80. The van der Waals surface area contributed by atoms with Crippen molar-refractivity contribution in [1.82, 2.24) is 9.78 Å². The van der Waals surface area contributed by atoms with E-state index in [1.807, 2.05) is 14.0 Å². The van der Waals surface area contributed by atoms with E-state index >= 15 is 0 Å². The molecule has 1 heterocycles. The molecule has 0 saturated carbocycles. The molecule has 0 aliphatic heterocycles. The molecular formula is C12H24N4O. The molecular weight excluding hydrogens is 216 g/mol. The average molecular weight is 240 g/mol. The molecule has 3 N–H and O–H groups in total. The highest BCUT2D eigenvalue weighted by atomic mass is 16.5. The molecule has 0 radical (unpaired) electrons. The van der Waals surface area contributed by atoms with Crippen LogP contribution in [0.2, 0.25) is 0 Å². The van der Waals surface area contributed by atoms with Crippen molar-refractivity contribution in [3.05, 3.63) is 11.3 Å². The van der Waals surface area contributed by atoms with Gasteiger partial charge in [0.25, 0.3) is 0 Å². The molecule has 0 saturated heterocycles. The number of aryl methyl sites for hydroxylation is 2. The maximum absolute atomic E-state index is 5.83. The highest BCUT2D eigenvalue weighted by molar-refractivity contribution is 5.45. The largest absolute Gasteiger partial charge is 0.374 e. The van der Waals surface area contributed by atoms with E-state index in [2.05, 4.69) is 31.3 Å². The van der Waals surface area contributed by atoms with Gasteiger partial charge >= 0.3 is 0 Å². The number of nitrogens with one attached hydrogen (secondary N) is 1. The van der Waals surface area contributed by atoms with Crippen molar-refractivity contribution in [2.45, 2.75) is 46.8 Å². The zero-order valence-corrected chi connectivity index (χ0v) is 11.4. The Bertz CT molecular complexity index is 360. The lowest BCUT2D eigenvalue weighted by Gasteiger charge is -2.15. The molecule has 0 aliphatic carbocycles. The van der Waals surface area contributed by atoms with Crippen LogP contribution in [-0.2, 0) is 18.4 Å². The molecule has 0 aliphatic rings. The van der Waals surface area contributed by atoms with Crippen LogP contribution >= 0.6 is 0 Å². The maximum Gasteiger partial charge on any atom is 0.143 e. The smallest absolute Gasteiger partial charge is 0.143 e. The van der Waals surface area contributed by atoms with E-state index in [4.69, 9.17) is 10.6 Å². The maximum atomic E-state index is 5.83. The van der Waals surface area contributed by atoms with Crippen LogP contribution in [0.3, 0.4) is 0 Å². The zero-order valence-electron chi connectivity index (χ0n) is 11.4. The minimum atomic E-state index is 0.250. The second-order valence-corrected chi connectivity index (χ2v) is 4.93. The van der Waals surface area contributed by atoms with Crippen LogP contribution in [0.1, 0.15) is 38.4 Å². The number of rotatable bonds is 6. The molecule has 5 nitrogen and oxygen atoms in total. The van der Waals surface area contributed by atoms with Crippen molar-refractivity contribution in [3.8, 4) is 0 Å². The van der Waals surface area contributed by atoms with Crippen LogP contribution in [0, 0.1) is 12.8 Å². The van der Waals surface area contributed by atoms with E-state index in [0.717, 1.165) is 23.5 Å². The van der Waals surface area contributed by atoms with Gasteiger partial charge in [0.2, 0.25) is 0 Å². The number of nitrogens with zero attached hydrogens (tertiary/aromatic N) is 2. The van der Waals surface area contributed by atoms with Crippen molar-refractivity contribution in [3.63, 3.8) is 0 Å². The van der Waals surface area contributed by atoms with Gasteiger partial charge in [0.1, 0.15) is 5.82 Å². The summed E-state index contributed by atoms with van der Waals surface area (Å²) in [5.74, 6) is 6.95. The van der Waals surface area contributed by atoms with Gasteiger partial charge in [0, 0.05) is 12.6 Å². The minimum Gasteiger partial charge on any atom is -0.374 e. The van der Waals surface area contributed by atoms with Gasteiger partial charge in [-0.2, -0.15) is 5.10 Å². The van der Waals surface area contributed by atoms with Crippen molar-refractivity contribution >= 4 is 5.82 Å². The Morgan fingerprint density at radius 1 is 1.41 bits per heavy atom. The fraction of sp³-hybridized carbons (Fsp3) is 0.750. The third-order valence-electron chi connectivity index (χ3n) is 2.80. The SMILES string of the molecule is Cc1nn(C)c(NN)c1COC(C)CC(C)C. The lowest BCUT2D eigenvalue weighted by molar-refractivity contribution is 0.0397. The molecule has 0 amide bonds. The summed E-state index contributed by atoms with van der Waals surface area (Å²) < 4.78 is 7.56. The predicted molar refractivity (Wildman–Crippen MR) is 69.5 cm³/mol. The van der Waals surface area contributed by atoms with Crippen molar-refractivity contribution in [2.24, 2.45) is 18.8 Å². The Morgan fingerprint density at radius 3 is 2.59 bits per heavy atom. The molecule has 0 spiro atoms. The molecule has 1 aromatic rings. The normalized spacial score (nSPS) is 13.1. The molecule has 0 bridgehead atoms. The van der Waals surface area contributed by atoms with Crippen LogP contribution in [-0.4, -0.2) is 15.9 Å². The third kappa shape index (κ3) is 3.71. The molecule has 1 aromatic heterocycles. The van der Waals surface area contributed by atoms with E-state index in [0.29, 0.717) is 12.5 Å². The summed E-state index contributed by atoms with van der Waals surface area (Å²) in [4.78, 5) is 0. The van der Waals surface area contributed by atoms with E-state index < -0.39 is 0 Å². The standard InChI is InChI=1S/C12H24N4O/c1-8(2)6-9(3)17-7-11-10(4)15-16(5)12(11)14-13/h8-9,14H,6-7,13H2,1-5H3. The minimum absolute atomic E-state index is 0.250. The molecule has 1 rings (SSSR count). The molecule has 1 unspecified atom stereocenters. The molecule has 0 aromatic carbocycles. The highest BCUT2D eigenvalue weighted by Crippen LogP contribution is 2.20. The number of ether oxygens (including phenoxy) is 1. The first-order chi connectivity index (χ1) is 7.95. The van der Waals surface area contributed by atoms with Gasteiger partial charge in [-0.05, 0) is 26.2 Å². The van der Waals surface area contributed by atoms with Gasteiger partial charge in [-0.25, -0.2) is 5.84 Å². The van der Waals surface area contributed by atoms with Crippen LogP contribution in [0.4, 0.5) is 5.82 Å². The van der Waals surface area contributed by atoms with E-state index in [1.165, 1.54) is 0 Å². The van der Waals surface area contributed by atoms with Crippen LogP contribution < -0.4 is 11.3 Å². The van der Waals surface area contributed by atoms with Gasteiger partial charge in [-0.3, -0.25) is 4.68 Å². The second kappa shape index (κ2) is 6.02. The number of hydrazine groups is 1. The Labute approximate surface area is 103 Å². The predicted octanol–water partition coefficient (Wildman–Crippen LogP) is 1.97.